The van der Waals surface area contributed by atoms with Crippen molar-refractivity contribution in [1.29, 1.82) is 0 Å². The molecule has 2 heterocycles. The van der Waals surface area contributed by atoms with E-state index in [4.69, 9.17) is 9.47 Å². The highest BCUT2D eigenvalue weighted by molar-refractivity contribution is 14.0. The molecule has 2 aliphatic rings. The van der Waals surface area contributed by atoms with Gasteiger partial charge in [0.05, 0.1) is 0 Å². The van der Waals surface area contributed by atoms with Gasteiger partial charge < -0.3 is 14.4 Å². The van der Waals surface area contributed by atoms with Gasteiger partial charge in [0.2, 0.25) is 0 Å². The first kappa shape index (κ1) is 20.1. The van der Waals surface area contributed by atoms with E-state index in [2.05, 4.69) is 35.2 Å². The first-order valence-electron chi connectivity index (χ1n) is 9.50. The van der Waals surface area contributed by atoms with Crippen LogP contribution in [-0.2, 0) is 0 Å². The highest BCUT2D eigenvalue weighted by Crippen LogP contribution is 2.31. The molecule has 1 atom stereocenters. The zero-order valence-corrected chi connectivity index (χ0v) is 17.8. The van der Waals surface area contributed by atoms with E-state index in [1.54, 1.807) is 0 Å². The summed E-state index contributed by atoms with van der Waals surface area (Å²) in [6.45, 7) is 4.32. The lowest BCUT2D eigenvalue weighted by Gasteiger charge is -2.19. The minimum absolute atomic E-state index is 0. The summed E-state index contributed by atoms with van der Waals surface area (Å²) in [6.07, 6.45) is 2.68. The molecule has 0 saturated carbocycles. The molecule has 1 saturated heterocycles. The summed E-state index contributed by atoms with van der Waals surface area (Å²) in [7, 11) is 0. The van der Waals surface area contributed by atoms with Crippen LogP contribution in [0.15, 0.2) is 48.5 Å². The summed E-state index contributed by atoms with van der Waals surface area (Å²) >= 11 is 0. The van der Waals surface area contributed by atoms with E-state index in [1.165, 1.54) is 12.0 Å². The van der Waals surface area contributed by atoms with Crippen molar-refractivity contribution in [2.75, 3.05) is 32.8 Å². The van der Waals surface area contributed by atoms with Crippen LogP contribution in [0.25, 0.3) is 0 Å². The van der Waals surface area contributed by atoms with Gasteiger partial charge in [-0.1, -0.05) is 30.3 Å². The first-order valence-corrected chi connectivity index (χ1v) is 9.50. The summed E-state index contributed by atoms with van der Waals surface area (Å²) in [5.41, 5.74) is 2.15. The van der Waals surface area contributed by atoms with Gasteiger partial charge in [0.15, 0.2) is 17.3 Å². The van der Waals surface area contributed by atoms with Crippen LogP contribution >= 0.6 is 24.0 Å². The van der Waals surface area contributed by atoms with E-state index in [9.17, 15) is 4.79 Å². The summed E-state index contributed by atoms with van der Waals surface area (Å²) in [6, 6.07) is 16.2. The maximum absolute atomic E-state index is 12.5. The Balaban J connectivity index is 0.00000210. The fraction of sp³-hybridized carbons (Fsp3) is 0.409. The number of ether oxygens (including phenoxy) is 2. The smallest absolute Gasteiger partial charge is 0.163 e. The van der Waals surface area contributed by atoms with Crippen LogP contribution < -0.4 is 9.47 Å². The van der Waals surface area contributed by atoms with Crippen LogP contribution in [0.5, 0.6) is 11.5 Å². The maximum Gasteiger partial charge on any atom is 0.163 e. The summed E-state index contributed by atoms with van der Waals surface area (Å²) in [5, 5.41) is 0. The number of fused-ring (bicyclic) bond motifs is 1. The van der Waals surface area contributed by atoms with E-state index in [0.717, 1.165) is 37.4 Å². The number of hydrogen-bond acceptors (Lipinski definition) is 4. The molecule has 27 heavy (non-hydrogen) atoms. The van der Waals surface area contributed by atoms with Crippen LogP contribution in [0.2, 0.25) is 0 Å². The van der Waals surface area contributed by atoms with Gasteiger partial charge in [0, 0.05) is 18.5 Å². The van der Waals surface area contributed by atoms with Crippen LogP contribution in [0.1, 0.15) is 41.1 Å². The highest BCUT2D eigenvalue weighted by atomic mass is 127. The Morgan fingerprint density at radius 2 is 1.81 bits per heavy atom. The molecular weight excluding hydrogens is 453 g/mol. The molecule has 2 aliphatic heterocycles. The second-order valence-electron chi connectivity index (χ2n) is 7.08. The zero-order chi connectivity index (χ0) is 17.8. The summed E-state index contributed by atoms with van der Waals surface area (Å²) < 4.78 is 11.1. The van der Waals surface area contributed by atoms with Crippen molar-refractivity contribution in [3.05, 3.63) is 59.7 Å². The van der Waals surface area contributed by atoms with Crippen molar-refractivity contribution in [2.24, 2.45) is 0 Å². The molecule has 4 nitrogen and oxygen atoms in total. The molecule has 5 heteroatoms. The molecule has 1 unspecified atom stereocenters. The number of Topliss-reactive ketones (excluding diaryl/α,β-unsaturated/α-hetero) is 1. The van der Waals surface area contributed by atoms with Crippen LogP contribution in [-0.4, -0.2) is 43.5 Å². The largest absolute Gasteiger partial charge is 0.486 e. The molecule has 0 aliphatic carbocycles. The number of carbonyl (C=O) groups excluding carboxylic acids is 1. The molecule has 1 fully saturated rings. The minimum atomic E-state index is 0. The third-order valence-electron chi connectivity index (χ3n) is 5.29. The van der Waals surface area contributed by atoms with Gasteiger partial charge in [-0.05, 0) is 55.6 Å². The monoisotopic (exact) mass is 479 g/mol. The van der Waals surface area contributed by atoms with E-state index in [1.807, 2.05) is 18.2 Å². The first-order chi connectivity index (χ1) is 12.8. The van der Waals surface area contributed by atoms with E-state index < -0.39 is 0 Å². The average Bonchev–Trinajstić information content (AvgIpc) is 3.17. The summed E-state index contributed by atoms with van der Waals surface area (Å²) in [5.74, 6) is 2.23. The Morgan fingerprint density at radius 3 is 2.63 bits per heavy atom. The standard InChI is InChI=1S/C22H25NO3.HI/c24-20(18-8-9-21-22(15-18)26-14-13-25-21)7-4-11-23-12-10-19(16-23)17-5-2-1-3-6-17;/h1-3,5-6,8-9,15,19H,4,7,10-14,16H2;1H. The van der Waals surface area contributed by atoms with Crippen molar-refractivity contribution >= 4 is 29.8 Å². The van der Waals surface area contributed by atoms with E-state index in [0.29, 0.717) is 31.3 Å². The van der Waals surface area contributed by atoms with Gasteiger partial charge in [0.25, 0.3) is 0 Å². The lowest BCUT2D eigenvalue weighted by Crippen LogP contribution is -2.22. The van der Waals surface area contributed by atoms with Gasteiger partial charge >= 0.3 is 0 Å². The Bertz CT molecular complexity index is 765. The lowest BCUT2D eigenvalue weighted by atomic mass is 9.99. The third-order valence-corrected chi connectivity index (χ3v) is 5.29. The minimum Gasteiger partial charge on any atom is -0.486 e. The van der Waals surface area contributed by atoms with Crippen LogP contribution in [0, 0.1) is 0 Å². The number of carbonyl (C=O) groups is 1. The molecule has 0 bridgehead atoms. The lowest BCUT2D eigenvalue weighted by molar-refractivity contribution is 0.0975. The Labute approximate surface area is 177 Å². The number of nitrogens with zero attached hydrogens (tertiary/aromatic N) is 1. The maximum atomic E-state index is 12.5. The van der Waals surface area contributed by atoms with Crippen molar-refractivity contribution in [3.63, 3.8) is 0 Å². The summed E-state index contributed by atoms with van der Waals surface area (Å²) in [4.78, 5) is 15.0. The molecule has 4 rings (SSSR count). The Kier molecular flexibility index (Phi) is 7.13. The fourth-order valence-electron chi connectivity index (χ4n) is 3.86. The second-order valence-corrected chi connectivity index (χ2v) is 7.08. The van der Waals surface area contributed by atoms with E-state index in [-0.39, 0.29) is 29.8 Å². The van der Waals surface area contributed by atoms with Crippen LogP contribution in [0.3, 0.4) is 0 Å². The predicted molar refractivity (Wildman–Crippen MR) is 117 cm³/mol. The molecule has 2 aromatic rings. The Morgan fingerprint density at radius 1 is 1.04 bits per heavy atom. The van der Waals surface area contributed by atoms with Crippen molar-refractivity contribution in [1.82, 2.24) is 4.90 Å². The third kappa shape index (κ3) is 5.02. The molecule has 0 amide bonds. The van der Waals surface area contributed by atoms with Crippen molar-refractivity contribution in [2.45, 2.75) is 25.2 Å². The van der Waals surface area contributed by atoms with Gasteiger partial charge in [-0.3, -0.25) is 4.79 Å². The number of halogens is 1. The van der Waals surface area contributed by atoms with Crippen LogP contribution in [0.4, 0.5) is 0 Å². The Hall–Kier alpha value is -1.60. The fourth-order valence-corrected chi connectivity index (χ4v) is 3.86. The van der Waals surface area contributed by atoms with Gasteiger partial charge in [-0.2, -0.15) is 0 Å². The normalized spacial score (nSPS) is 18.7. The number of likely N-dealkylation sites (tertiary alicyclic amines) is 1. The van der Waals surface area contributed by atoms with E-state index >= 15 is 0 Å². The number of benzene rings is 2. The molecule has 2 aromatic carbocycles. The van der Waals surface area contributed by atoms with Crippen molar-refractivity contribution < 1.29 is 14.3 Å². The molecule has 0 radical (unpaired) electrons. The topological polar surface area (TPSA) is 38.8 Å². The average molecular weight is 479 g/mol. The quantitative estimate of drug-likeness (QED) is 0.451. The van der Waals surface area contributed by atoms with Gasteiger partial charge in [0.1, 0.15) is 13.2 Å². The second kappa shape index (κ2) is 9.55. The number of hydrogen-bond donors (Lipinski definition) is 0. The number of rotatable bonds is 6. The SMILES string of the molecule is I.O=C(CCCN1CCC(c2ccccc2)C1)c1ccc2c(c1)OCCO2. The molecule has 0 N–H and O–H groups in total. The predicted octanol–water partition coefficient (Wildman–Crippen LogP) is 4.53. The van der Waals surface area contributed by atoms with Crippen molar-refractivity contribution in [3.8, 4) is 11.5 Å². The molecule has 0 aromatic heterocycles. The zero-order valence-electron chi connectivity index (χ0n) is 15.4. The highest BCUT2D eigenvalue weighted by Gasteiger charge is 2.23. The van der Waals surface area contributed by atoms with Gasteiger partial charge in [-0.15, -0.1) is 24.0 Å². The molecule has 0 spiro atoms. The molecule has 144 valence electrons. The van der Waals surface area contributed by atoms with Gasteiger partial charge in [-0.25, -0.2) is 0 Å². The number of ketones is 1. The molecular formula is C22H26INO3.